The van der Waals surface area contributed by atoms with E-state index in [4.69, 9.17) is 10.5 Å². The third kappa shape index (κ3) is 3.71. The Hall–Kier alpha value is -2.66. The van der Waals surface area contributed by atoms with Crippen LogP contribution in [0.5, 0.6) is 0 Å². The maximum absolute atomic E-state index is 12.4. The topological polar surface area (TPSA) is 85.0 Å². The third-order valence-corrected chi connectivity index (χ3v) is 3.85. The molecule has 1 heterocycles. The summed E-state index contributed by atoms with van der Waals surface area (Å²) in [5.41, 5.74) is 1.02. The molecule has 0 aromatic heterocycles. The first-order valence-electron chi connectivity index (χ1n) is 7.30. The van der Waals surface area contributed by atoms with Crippen LogP contribution in [0.4, 0.5) is 0 Å². The number of benzene rings is 1. The van der Waals surface area contributed by atoms with Crippen molar-refractivity contribution >= 4 is 11.8 Å². The lowest BCUT2D eigenvalue weighted by atomic mass is 9.98. The van der Waals surface area contributed by atoms with Gasteiger partial charge in [0, 0.05) is 19.4 Å². The minimum Gasteiger partial charge on any atom is -0.281 e. The van der Waals surface area contributed by atoms with Crippen molar-refractivity contribution in [3.8, 4) is 12.1 Å². The van der Waals surface area contributed by atoms with Crippen molar-refractivity contribution in [2.45, 2.75) is 25.7 Å². The Balaban J connectivity index is 2.00. The van der Waals surface area contributed by atoms with E-state index in [1.54, 1.807) is 0 Å². The normalized spacial score (nSPS) is 18.8. The molecule has 1 aliphatic rings. The van der Waals surface area contributed by atoms with Gasteiger partial charge in [-0.2, -0.15) is 10.5 Å². The Bertz CT molecular complexity index is 628. The van der Waals surface area contributed by atoms with Gasteiger partial charge in [-0.1, -0.05) is 30.3 Å². The molecular formula is C17H17N3O2. The van der Waals surface area contributed by atoms with Crippen LogP contribution in [0, 0.1) is 34.5 Å². The van der Waals surface area contributed by atoms with Crippen LogP contribution >= 0.6 is 0 Å². The van der Waals surface area contributed by atoms with Gasteiger partial charge in [0.1, 0.15) is 0 Å². The number of hydrogen-bond donors (Lipinski definition) is 0. The van der Waals surface area contributed by atoms with Gasteiger partial charge in [-0.05, 0) is 18.4 Å². The van der Waals surface area contributed by atoms with Gasteiger partial charge in [0.25, 0.3) is 0 Å². The fourth-order valence-electron chi connectivity index (χ4n) is 2.66. The molecule has 0 saturated carbocycles. The maximum Gasteiger partial charge on any atom is 0.233 e. The van der Waals surface area contributed by atoms with Crippen LogP contribution in [-0.2, 0) is 16.0 Å². The molecule has 1 aromatic carbocycles. The number of likely N-dealkylation sites (tertiary alicyclic amines) is 1. The van der Waals surface area contributed by atoms with E-state index in [0.717, 1.165) is 5.56 Å². The Morgan fingerprint density at radius 1 is 1.23 bits per heavy atom. The third-order valence-electron chi connectivity index (χ3n) is 3.85. The number of carbonyl (C=O) groups is 2. The second-order valence-corrected chi connectivity index (χ2v) is 5.46. The van der Waals surface area contributed by atoms with Crippen LogP contribution in [0.3, 0.4) is 0 Å². The summed E-state index contributed by atoms with van der Waals surface area (Å²) in [5.74, 6) is -1.23. The molecule has 5 heteroatoms. The molecule has 0 bridgehead atoms. The summed E-state index contributed by atoms with van der Waals surface area (Å²) in [6, 6.07) is 13.6. The Morgan fingerprint density at radius 3 is 2.59 bits per heavy atom. The zero-order chi connectivity index (χ0) is 15.9. The lowest BCUT2D eigenvalue weighted by molar-refractivity contribution is -0.139. The average Bonchev–Trinajstić information content (AvgIpc) is 2.79. The summed E-state index contributed by atoms with van der Waals surface area (Å²) in [6.45, 7) is 0.0983. The number of imide groups is 1. The molecule has 22 heavy (non-hydrogen) atoms. The van der Waals surface area contributed by atoms with Crippen molar-refractivity contribution in [1.29, 1.82) is 10.5 Å². The molecule has 2 amide bonds. The Labute approximate surface area is 129 Å². The van der Waals surface area contributed by atoms with Crippen LogP contribution in [0.25, 0.3) is 0 Å². The first-order valence-corrected chi connectivity index (χ1v) is 7.30. The Kier molecular flexibility index (Phi) is 5.27. The monoisotopic (exact) mass is 295 g/mol. The van der Waals surface area contributed by atoms with Crippen LogP contribution < -0.4 is 0 Å². The van der Waals surface area contributed by atoms with Crippen LogP contribution in [0.15, 0.2) is 30.3 Å². The second-order valence-electron chi connectivity index (χ2n) is 5.46. The van der Waals surface area contributed by atoms with E-state index >= 15 is 0 Å². The van der Waals surface area contributed by atoms with E-state index in [2.05, 4.69) is 6.07 Å². The predicted octanol–water partition coefficient (Wildman–Crippen LogP) is 2.05. The molecule has 2 atom stereocenters. The molecule has 0 unspecified atom stereocenters. The molecule has 2 rings (SSSR count). The minimum atomic E-state index is -0.469. The van der Waals surface area contributed by atoms with Gasteiger partial charge in [0.05, 0.1) is 24.0 Å². The molecule has 0 aliphatic carbocycles. The smallest absolute Gasteiger partial charge is 0.233 e. The van der Waals surface area contributed by atoms with Gasteiger partial charge in [0.15, 0.2) is 0 Å². The van der Waals surface area contributed by atoms with E-state index in [1.807, 2.05) is 36.4 Å². The van der Waals surface area contributed by atoms with E-state index in [0.29, 0.717) is 12.8 Å². The SMILES string of the molecule is N#CCC[C@@H](C#N)CN1C(=O)C[C@@H](Cc2ccccc2)C1=O. The standard InChI is InChI=1S/C17H17N3O2/c18-8-4-7-14(11-19)12-20-16(21)10-15(17(20)22)9-13-5-2-1-3-6-13/h1-3,5-6,14-15H,4,7,9-10,12H2/t14-,15+/m0/s1. The zero-order valence-electron chi connectivity index (χ0n) is 12.2. The lowest BCUT2D eigenvalue weighted by Crippen LogP contribution is -2.35. The van der Waals surface area contributed by atoms with Crippen molar-refractivity contribution in [3.05, 3.63) is 35.9 Å². The van der Waals surface area contributed by atoms with Gasteiger partial charge >= 0.3 is 0 Å². The van der Waals surface area contributed by atoms with Gasteiger partial charge in [-0.3, -0.25) is 14.5 Å². The molecule has 0 spiro atoms. The van der Waals surface area contributed by atoms with Crippen LogP contribution in [-0.4, -0.2) is 23.3 Å². The lowest BCUT2D eigenvalue weighted by Gasteiger charge is -2.17. The summed E-state index contributed by atoms with van der Waals surface area (Å²) in [6.07, 6.45) is 1.37. The summed E-state index contributed by atoms with van der Waals surface area (Å²) < 4.78 is 0. The van der Waals surface area contributed by atoms with Crippen molar-refractivity contribution in [2.75, 3.05) is 6.54 Å². The zero-order valence-corrected chi connectivity index (χ0v) is 12.2. The summed E-state index contributed by atoms with van der Waals surface area (Å²) in [5, 5.41) is 17.7. The second kappa shape index (κ2) is 7.38. The Morgan fingerprint density at radius 2 is 1.95 bits per heavy atom. The minimum absolute atomic E-state index is 0.0983. The number of amides is 2. The molecule has 112 valence electrons. The number of rotatable bonds is 6. The van der Waals surface area contributed by atoms with E-state index in [1.165, 1.54) is 4.90 Å². The summed E-state index contributed by atoms with van der Waals surface area (Å²) in [4.78, 5) is 25.6. The van der Waals surface area contributed by atoms with E-state index in [9.17, 15) is 9.59 Å². The first-order chi connectivity index (χ1) is 10.7. The molecule has 1 fully saturated rings. The fourth-order valence-corrected chi connectivity index (χ4v) is 2.66. The molecule has 0 radical (unpaired) electrons. The van der Waals surface area contributed by atoms with Crippen molar-refractivity contribution in [3.63, 3.8) is 0 Å². The summed E-state index contributed by atoms with van der Waals surface area (Å²) >= 11 is 0. The van der Waals surface area contributed by atoms with Crippen molar-refractivity contribution in [1.82, 2.24) is 4.90 Å². The van der Waals surface area contributed by atoms with Gasteiger partial charge in [0.2, 0.25) is 11.8 Å². The summed E-state index contributed by atoms with van der Waals surface area (Å²) in [7, 11) is 0. The number of nitriles is 2. The average molecular weight is 295 g/mol. The molecule has 5 nitrogen and oxygen atoms in total. The van der Waals surface area contributed by atoms with E-state index in [-0.39, 0.29) is 37.1 Å². The van der Waals surface area contributed by atoms with Crippen LogP contribution in [0.2, 0.25) is 0 Å². The largest absolute Gasteiger partial charge is 0.281 e. The quantitative estimate of drug-likeness (QED) is 0.752. The molecule has 1 saturated heterocycles. The highest BCUT2D eigenvalue weighted by molar-refractivity contribution is 6.03. The highest BCUT2D eigenvalue weighted by atomic mass is 16.2. The molecule has 0 N–H and O–H groups in total. The highest BCUT2D eigenvalue weighted by Gasteiger charge is 2.39. The van der Waals surface area contributed by atoms with Crippen LogP contribution in [0.1, 0.15) is 24.8 Å². The van der Waals surface area contributed by atoms with E-state index < -0.39 is 5.92 Å². The molecule has 1 aliphatic heterocycles. The first kappa shape index (κ1) is 15.7. The molecular weight excluding hydrogens is 278 g/mol. The van der Waals surface area contributed by atoms with Gasteiger partial charge in [-0.25, -0.2) is 0 Å². The predicted molar refractivity (Wildman–Crippen MR) is 78.9 cm³/mol. The van der Waals surface area contributed by atoms with Crippen molar-refractivity contribution in [2.24, 2.45) is 11.8 Å². The maximum atomic E-state index is 12.4. The number of nitrogens with zero attached hydrogens (tertiary/aromatic N) is 3. The number of hydrogen-bond acceptors (Lipinski definition) is 4. The fraction of sp³-hybridized carbons (Fsp3) is 0.412. The van der Waals surface area contributed by atoms with Gasteiger partial charge in [-0.15, -0.1) is 0 Å². The number of carbonyl (C=O) groups excluding carboxylic acids is 2. The van der Waals surface area contributed by atoms with Gasteiger partial charge < -0.3 is 0 Å². The molecule has 1 aromatic rings. The highest BCUT2D eigenvalue weighted by Crippen LogP contribution is 2.25. The van der Waals surface area contributed by atoms with Crippen molar-refractivity contribution < 1.29 is 9.59 Å².